The van der Waals surface area contributed by atoms with E-state index in [2.05, 4.69) is 15.2 Å². The third kappa shape index (κ3) is 5.53. The van der Waals surface area contributed by atoms with Gasteiger partial charge in [0.1, 0.15) is 12.7 Å². The van der Waals surface area contributed by atoms with Crippen molar-refractivity contribution in [2.75, 3.05) is 41.4 Å². The molecule has 6 rings (SSSR count). The number of nitrogens with zero attached hydrogens (tertiary/aromatic N) is 4. The molecule has 9 nitrogen and oxygen atoms in total. The van der Waals surface area contributed by atoms with E-state index >= 15 is 0 Å². The summed E-state index contributed by atoms with van der Waals surface area (Å²) >= 11 is 0. The minimum atomic E-state index is -4.47. The van der Waals surface area contributed by atoms with Crippen molar-refractivity contribution in [3.05, 3.63) is 59.8 Å². The molecule has 0 radical (unpaired) electrons. The summed E-state index contributed by atoms with van der Waals surface area (Å²) in [6, 6.07) is 9.60. The number of hydrogen-bond acceptors (Lipinski definition) is 7. The van der Waals surface area contributed by atoms with Crippen LogP contribution in [0, 0.1) is 6.92 Å². The number of hydrogen-bond donors (Lipinski definition) is 1. The van der Waals surface area contributed by atoms with Crippen LogP contribution in [0.25, 0.3) is 11.3 Å². The van der Waals surface area contributed by atoms with Crippen LogP contribution >= 0.6 is 0 Å². The summed E-state index contributed by atoms with van der Waals surface area (Å²) in [5.74, 6) is 0.0868. The second-order valence-corrected chi connectivity index (χ2v) is 10.9. The topological polar surface area (TPSA) is 89.1 Å². The first kappa shape index (κ1) is 27.3. The molecular formula is C29H30F3N5O4. The maximum Gasteiger partial charge on any atom is 0.416 e. The minimum Gasteiger partial charge on any atom is -0.475 e. The molecule has 2 atom stereocenters. The molecule has 12 heteroatoms. The Balaban J connectivity index is 1.25. The van der Waals surface area contributed by atoms with Crippen LogP contribution in [-0.2, 0) is 15.7 Å². The van der Waals surface area contributed by atoms with E-state index in [1.54, 1.807) is 29.2 Å². The summed E-state index contributed by atoms with van der Waals surface area (Å²) in [4.78, 5) is 26.5. The van der Waals surface area contributed by atoms with Crippen LogP contribution < -0.4 is 19.9 Å². The Hall–Kier alpha value is -3.90. The molecule has 2 bridgehead atoms. The molecule has 3 aliphatic rings. The fourth-order valence-electron chi connectivity index (χ4n) is 5.57. The van der Waals surface area contributed by atoms with Gasteiger partial charge in [0.25, 0.3) is 0 Å². The van der Waals surface area contributed by atoms with Gasteiger partial charge in [-0.1, -0.05) is 12.1 Å². The largest absolute Gasteiger partial charge is 0.475 e. The number of nitrogens with one attached hydrogen (secondary N) is 1. The highest BCUT2D eigenvalue weighted by Crippen LogP contribution is 2.43. The predicted molar refractivity (Wildman–Crippen MR) is 146 cm³/mol. The maximum atomic E-state index is 13.7. The molecule has 2 aromatic heterocycles. The van der Waals surface area contributed by atoms with Crippen molar-refractivity contribution in [1.29, 1.82) is 0 Å². The number of fused-ring (bicyclic) bond motifs is 4. The van der Waals surface area contributed by atoms with Gasteiger partial charge >= 0.3 is 12.2 Å². The molecule has 5 heterocycles. The van der Waals surface area contributed by atoms with Crippen molar-refractivity contribution in [1.82, 2.24) is 9.97 Å². The number of rotatable bonds is 5. The van der Waals surface area contributed by atoms with Crippen LogP contribution in [-0.4, -0.2) is 60.2 Å². The van der Waals surface area contributed by atoms with Crippen molar-refractivity contribution in [3.63, 3.8) is 0 Å². The summed E-state index contributed by atoms with van der Waals surface area (Å²) in [5.41, 5.74) is 2.07. The van der Waals surface area contributed by atoms with Gasteiger partial charge in [0, 0.05) is 36.6 Å². The van der Waals surface area contributed by atoms with E-state index in [4.69, 9.17) is 19.2 Å². The number of carbonyl (C=O) groups excluding carboxylic acids is 1. The van der Waals surface area contributed by atoms with Crippen molar-refractivity contribution in [2.24, 2.45) is 0 Å². The molecule has 2 amide bonds. The van der Waals surface area contributed by atoms with E-state index in [0.29, 0.717) is 41.8 Å². The lowest BCUT2D eigenvalue weighted by Crippen LogP contribution is -2.48. The first-order valence-electron chi connectivity index (χ1n) is 13.4. The van der Waals surface area contributed by atoms with Gasteiger partial charge in [-0.05, 0) is 57.0 Å². The van der Waals surface area contributed by atoms with Gasteiger partial charge in [0.05, 0.1) is 29.6 Å². The predicted octanol–water partition coefficient (Wildman–Crippen LogP) is 5.63. The number of ether oxygens (including phenoxy) is 3. The van der Waals surface area contributed by atoms with Gasteiger partial charge in [0.2, 0.25) is 5.88 Å². The van der Waals surface area contributed by atoms with Gasteiger partial charge in [-0.2, -0.15) is 13.2 Å². The summed E-state index contributed by atoms with van der Waals surface area (Å²) < 4.78 is 57.3. The van der Waals surface area contributed by atoms with Crippen molar-refractivity contribution < 1.29 is 32.2 Å². The van der Waals surface area contributed by atoms with E-state index in [9.17, 15) is 18.0 Å². The summed E-state index contributed by atoms with van der Waals surface area (Å²) in [5, 5.41) is 2.93. The lowest BCUT2D eigenvalue weighted by atomic mass is 10.0. The number of halogens is 3. The van der Waals surface area contributed by atoms with Crippen LogP contribution in [0.15, 0.2) is 48.7 Å². The third-order valence-corrected chi connectivity index (χ3v) is 7.41. The van der Waals surface area contributed by atoms with Gasteiger partial charge in [0.15, 0.2) is 11.6 Å². The molecule has 41 heavy (non-hydrogen) atoms. The molecule has 1 N–H and O–H groups in total. The molecule has 216 valence electrons. The van der Waals surface area contributed by atoms with Crippen LogP contribution in [0.2, 0.25) is 0 Å². The quantitative estimate of drug-likeness (QED) is 0.426. The lowest BCUT2D eigenvalue weighted by molar-refractivity contribution is -0.141. The van der Waals surface area contributed by atoms with Crippen molar-refractivity contribution in [3.8, 4) is 17.1 Å². The Morgan fingerprint density at radius 2 is 2.05 bits per heavy atom. The molecule has 3 aromatic rings. The van der Waals surface area contributed by atoms with E-state index < -0.39 is 23.6 Å². The van der Waals surface area contributed by atoms with Crippen molar-refractivity contribution >= 4 is 23.2 Å². The molecule has 3 aliphatic heterocycles. The number of carbonyl (C=O) groups is 1. The summed E-state index contributed by atoms with van der Waals surface area (Å²) in [6.45, 7) is 7.61. The van der Waals surface area contributed by atoms with Gasteiger partial charge < -0.3 is 24.4 Å². The number of benzene rings is 1. The van der Waals surface area contributed by atoms with Crippen LogP contribution in [0.5, 0.6) is 5.88 Å². The zero-order chi connectivity index (χ0) is 28.9. The minimum absolute atomic E-state index is 0.133. The third-order valence-electron chi connectivity index (χ3n) is 7.41. The molecule has 1 unspecified atom stereocenters. The number of alkyl halides is 3. The lowest BCUT2D eigenvalue weighted by Gasteiger charge is -2.37. The second kappa shape index (κ2) is 10.2. The van der Waals surface area contributed by atoms with Crippen LogP contribution in [0.3, 0.4) is 0 Å². The Morgan fingerprint density at radius 3 is 2.80 bits per heavy atom. The standard InChI is InChI=1S/C29H30F3N5O4/c1-17-11-23(18-5-4-6-19(12-18)29(30,31)32)35-26-25(17)36-10-8-21(14-36)37(26)27(38)34-20-7-9-33-24(13-20)39-15-22-16-40-28(2,3)41-22/h4-7,9,11-13,21-22H,8,10,14-16H2,1-3H3,(H,33,34,38)/t21-,22?/m0/s1. The highest BCUT2D eigenvalue weighted by atomic mass is 19.4. The van der Waals surface area contributed by atoms with Crippen LogP contribution in [0.1, 0.15) is 31.4 Å². The highest BCUT2D eigenvalue weighted by molar-refractivity contribution is 6.05. The number of aromatic nitrogens is 2. The average molecular weight is 570 g/mol. The highest BCUT2D eigenvalue weighted by Gasteiger charge is 2.41. The number of amides is 2. The Morgan fingerprint density at radius 1 is 1.22 bits per heavy atom. The monoisotopic (exact) mass is 569 g/mol. The van der Waals surface area contributed by atoms with Gasteiger partial charge in [-0.3, -0.25) is 4.90 Å². The maximum absolute atomic E-state index is 13.7. The number of anilines is 3. The Kier molecular flexibility index (Phi) is 6.77. The smallest absolute Gasteiger partial charge is 0.416 e. The molecule has 0 spiro atoms. The zero-order valence-corrected chi connectivity index (χ0v) is 22.9. The normalized spacial score (nSPS) is 21.1. The second-order valence-electron chi connectivity index (χ2n) is 10.9. The Labute approximate surface area is 235 Å². The molecule has 1 aromatic carbocycles. The first-order valence-corrected chi connectivity index (χ1v) is 13.4. The molecule has 0 aliphatic carbocycles. The first-order chi connectivity index (χ1) is 19.5. The number of aryl methyl sites for hydroxylation is 1. The molecule has 2 saturated heterocycles. The summed E-state index contributed by atoms with van der Waals surface area (Å²) in [6.07, 6.45) is -2.43. The van der Waals surface area contributed by atoms with E-state index in [0.717, 1.165) is 36.3 Å². The Bertz CT molecular complexity index is 1480. The number of pyridine rings is 2. The van der Waals surface area contributed by atoms with Gasteiger partial charge in [-0.25, -0.2) is 14.8 Å². The number of urea groups is 1. The fourth-order valence-corrected chi connectivity index (χ4v) is 5.57. The average Bonchev–Trinajstić information content (AvgIpc) is 3.49. The summed E-state index contributed by atoms with van der Waals surface area (Å²) in [7, 11) is 0. The SMILES string of the molecule is Cc1cc(-c2cccc(C(F)(F)F)c2)nc2c1N1CC[C@@H](C1)N2C(=O)Nc1ccnc(OCC2COC(C)(C)O2)c1. The fraction of sp³-hybridized carbons (Fsp3) is 0.414. The molecule has 0 saturated carbocycles. The molecular weight excluding hydrogens is 539 g/mol. The zero-order valence-electron chi connectivity index (χ0n) is 22.9. The van der Waals surface area contributed by atoms with E-state index in [1.807, 2.05) is 20.8 Å². The van der Waals surface area contributed by atoms with E-state index in [1.165, 1.54) is 12.3 Å². The van der Waals surface area contributed by atoms with Crippen molar-refractivity contribution in [2.45, 2.75) is 51.3 Å². The van der Waals surface area contributed by atoms with Crippen LogP contribution in [0.4, 0.5) is 35.2 Å². The molecule has 2 fully saturated rings. The van der Waals surface area contributed by atoms with E-state index in [-0.39, 0.29) is 18.8 Å². The van der Waals surface area contributed by atoms with Gasteiger partial charge in [-0.15, -0.1) is 0 Å².